The SMILES string of the molecule is CCNC(=NCc1ccc(O)c(F)c1)NC(C)c1nc(C)c(C(=O)OCC)s1. The topological polar surface area (TPSA) is 95.8 Å². The van der Waals surface area contributed by atoms with Crippen LogP contribution >= 0.6 is 11.3 Å². The zero-order valence-electron chi connectivity index (χ0n) is 16.4. The Morgan fingerprint density at radius 1 is 1.43 bits per heavy atom. The van der Waals surface area contributed by atoms with Gasteiger partial charge in [-0.3, -0.25) is 0 Å². The van der Waals surface area contributed by atoms with Crippen LogP contribution in [-0.4, -0.2) is 35.2 Å². The quantitative estimate of drug-likeness (QED) is 0.370. The molecule has 1 heterocycles. The number of benzene rings is 1. The Hall–Kier alpha value is -2.68. The third-order valence-corrected chi connectivity index (χ3v) is 5.09. The van der Waals surface area contributed by atoms with E-state index in [0.29, 0.717) is 35.2 Å². The summed E-state index contributed by atoms with van der Waals surface area (Å²) in [6.07, 6.45) is 0. The molecule has 9 heteroatoms. The molecule has 0 aliphatic heterocycles. The van der Waals surface area contributed by atoms with Gasteiger partial charge in [0.05, 0.1) is 24.9 Å². The van der Waals surface area contributed by atoms with Gasteiger partial charge in [0.2, 0.25) is 0 Å². The van der Waals surface area contributed by atoms with Crippen molar-refractivity contribution in [2.45, 2.75) is 40.3 Å². The van der Waals surface area contributed by atoms with Gasteiger partial charge in [-0.2, -0.15) is 0 Å². The number of nitrogens with one attached hydrogen (secondary N) is 2. The van der Waals surface area contributed by atoms with Gasteiger partial charge in [0.25, 0.3) is 0 Å². The maximum absolute atomic E-state index is 13.5. The van der Waals surface area contributed by atoms with Gasteiger partial charge in [0.15, 0.2) is 17.5 Å². The average Bonchev–Trinajstić information content (AvgIpc) is 3.05. The first-order valence-electron chi connectivity index (χ1n) is 9.02. The number of aryl methyl sites for hydroxylation is 1. The molecule has 0 saturated carbocycles. The summed E-state index contributed by atoms with van der Waals surface area (Å²) in [5.74, 6) is -0.897. The van der Waals surface area contributed by atoms with Crippen molar-refractivity contribution in [3.05, 3.63) is 45.2 Å². The fraction of sp³-hybridized carbons (Fsp3) is 0.421. The standard InChI is InChI=1S/C19H25FN4O3S/c1-5-21-19(22-10-13-7-8-15(25)14(20)9-13)24-12(4)17-23-11(3)16(28-17)18(26)27-6-2/h7-9,12,25H,5-6,10H2,1-4H3,(H2,21,22,24). The van der Waals surface area contributed by atoms with E-state index in [1.54, 1.807) is 19.9 Å². The number of ether oxygens (including phenoxy) is 1. The number of carbonyl (C=O) groups excluding carboxylic acids is 1. The monoisotopic (exact) mass is 408 g/mol. The summed E-state index contributed by atoms with van der Waals surface area (Å²) in [5, 5.41) is 16.4. The fourth-order valence-electron chi connectivity index (χ4n) is 2.39. The van der Waals surface area contributed by atoms with Crippen molar-refractivity contribution < 1.29 is 19.0 Å². The summed E-state index contributed by atoms with van der Waals surface area (Å²) in [4.78, 5) is 21.4. The van der Waals surface area contributed by atoms with Gasteiger partial charge in [0.1, 0.15) is 9.88 Å². The molecule has 0 saturated heterocycles. The number of aromatic hydroxyl groups is 1. The third kappa shape index (κ3) is 5.66. The van der Waals surface area contributed by atoms with E-state index >= 15 is 0 Å². The molecule has 7 nitrogen and oxygen atoms in total. The molecule has 1 atom stereocenters. The van der Waals surface area contributed by atoms with Gasteiger partial charge in [-0.15, -0.1) is 11.3 Å². The van der Waals surface area contributed by atoms with E-state index in [0.717, 1.165) is 5.01 Å². The average molecular weight is 408 g/mol. The molecule has 0 bridgehead atoms. The fourth-order valence-corrected chi connectivity index (χ4v) is 3.36. The smallest absolute Gasteiger partial charge is 0.350 e. The second kappa shape index (κ2) is 10.0. The zero-order valence-corrected chi connectivity index (χ0v) is 17.2. The maximum atomic E-state index is 13.5. The van der Waals surface area contributed by atoms with E-state index in [1.165, 1.54) is 23.5 Å². The van der Waals surface area contributed by atoms with Crippen molar-refractivity contribution in [2.75, 3.05) is 13.2 Å². The van der Waals surface area contributed by atoms with E-state index < -0.39 is 5.82 Å². The van der Waals surface area contributed by atoms with Crippen LogP contribution in [0.4, 0.5) is 4.39 Å². The molecule has 1 aromatic carbocycles. The lowest BCUT2D eigenvalue weighted by atomic mass is 10.2. The molecule has 0 amide bonds. The highest BCUT2D eigenvalue weighted by Crippen LogP contribution is 2.24. The van der Waals surface area contributed by atoms with Crippen LogP contribution in [0.25, 0.3) is 0 Å². The van der Waals surface area contributed by atoms with Crippen molar-refractivity contribution in [1.82, 2.24) is 15.6 Å². The van der Waals surface area contributed by atoms with Gasteiger partial charge in [-0.1, -0.05) is 6.07 Å². The second-order valence-corrected chi connectivity index (χ2v) is 7.06. The van der Waals surface area contributed by atoms with Crippen molar-refractivity contribution in [3.63, 3.8) is 0 Å². The molecule has 1 aromatic heterocycles. The number of guanidine groups is 1. The van der Waals surface area contributed by atoms with Crippen LogP contribution in [0.15, 0.2) is 23.2 Å². The van der Waals surface area contributed by atoms with Gasteiger partial charge in [-0.05, 0) is 45.4 Å². The van der Waals surface area contributed by atoms with E-state index in [4.69, 9.17) is 4.74 Å². The largest absolute Gasteiger partial charge is 0.505 e. The number of carbonyl (C=O) groups is 1. The molecule has 152 valence electrons. The van der Waals surface area contributed by atoms with E-state index in [2.05, 4.69) is 20.6 Å². The van der Waals surface area contributed by atoms with E-state index in [9.17, 15) is 14.3 Å². The number of phenolic OH excluding ortho intramolecular Hbond substituents is 1. The summed E-state index contributed by atoms with van der Waals surface area (Å²) in [6.45, 7) is 8.59. The molecule has 28 heavy (non-hydrogen) atoms. The van der Waals surface area contributed by atoms with Gasteiger partial charge < -0.3 is 20.5 Å². The number of thiazole rings is 1. The molecule has 0 aliphatic rings. The Morgan fingerprint density at radius 3 is 2.82 bits per heavy atom. The van der Waals surface area contributed by atoms with Crippen LogP contribution in [0.2, 0.25) is 0 Å². The molecule has 0 fully saturated rings. The van der Waals surface area contributed by atoms with Crippen molar-refractivity contribution in [1.29, 1.82) is 0 Å². The van der Waals surface area contributed by atoms with Gasteiger partial charge in [0, 0.05) is 6.54 Å². The van der Waals surface area contributed by atoms with Gasteiger partial charge in [-0.25, -0.2) is 19.2 Å². The molecule has 2 rings (SSSR count). The van der Waals surface area contributed by atoms with Crippen LogP contribution in [0, 0.1) is 12.7 Å². The summed E-state index contributed by atoms with van der Waals surface area (Å²) in [5.41, 5.74) is 1.27. The molecule has 0 radical (unpaired) electrons. The number of phenols is 1. The molecule has 1 unspecified atom stereocenters. The van der Waals surface area contributed by atoms with Crippen molar-refractivity contribution in [3.8, 4) is 5.75 Å². The van der Waals surface area contributed by atoms with Crippen LogP contribution in [-0.2, 0) is 11.3 Å². The number of aliphatic imine (C=N–C) groups is 1. The van der Waals surface area contributed by atoms with Gasteiger partial charge >= 0.3 is 5.97 Å². The summed E-state index contributed by atoms with van der Waals surface area (Å²) in [6, 6.07) is 3.98. The number of hydrogen-bond donors (Lipinski definition) is 3. The van der Waals surface area contributed by atoms with Crippen LogP contribution in [0.5, 0.6) is 5.75 Å². The van der Waals surface area contributed by atoms with Crippen LogP contribution in [0.1, 0.15) is 52.7 Å². The highest BCUT2D eigenvalue weighted by molar-refractivity contribution is 7.13. The zero-order chi connectivity index (χ0) is 20.7. The lowest BCUT2D eigenvalue weighted by molar-refractivity contribution is 0.0531. The first-order valence-corrected chi connectivity index (χ1v) is 9.84. The molecule has 3 N–H and O–H groups in total. The molecular formula is C19H25FN4O3S. The summed E-state index contributed by atoms with van der Waals surface area (Å²) >= 11 is 1.29. The van der Waals surface area contributed by atoms with Crippen molar-refractivity contribution >= 4 is 23.3 Å². The number of halogens is 1. The van der Waals surface area contributed by atoms with Crippen LogP contribution in [0.3, 0.4) is 0 Å². The Labute approximate surface area is 167 Å². The minimum absolute atomic E-state index is 0.193. The predicted octanol–water partition coefficient (Wildman–Crippen LogP) is 3.29. The van der Waals surface area contributed by atoms with E-state index in [1.807, 2.05) is 13.8 Å². The molecule has 0 aliphatic carbocycles. The summed E-state index contributed by atoms with van der Waals surface area (Å²) in [7, 11) is 0. The normalized spacial score (nSPS) is 12.5. The second-order valence-electron chi connectivity index (χ2n) is 6.03. The minimum atomic E-state index is -0.677. The highest BCUT2D eigenvalue weighted by atomic mass is 32.1. The molecule has 0 spiro atoms. The lowest BCUT2D eigenvalue weighted by Gasteiger charge is -2.16. The van der Waals surface area contributed by atoms with E-state index in [-0.39, 0.29) is 24.3 Å². The number of hydrogen-bond acceptors (Lipinski definition) is 6. The van der Waals surface area contributed by atoms with Crippen molar-refractivity contribution in [2.24, 2.45) is 4.99 Å². The maximum Gasteiger partial charge on any atom is 0.350 e. The number of nitrogens with zero attached hydrogens (tertiary/aromatic N) is 2. The number of aromatic nitrogens is 1. The summed E-state index contributed by atoms with van der Waals surface area (Å²) < 4.78 is 18.5. The highest BCUT2D eigenvalue weighted by Gasteiger charge is 2.20. The Morgan fingerprint density at radius 2 is 2.18 bits per heavy atom. The predicted molar refractivity (Wildman–Crippen MR) is 107 cm³/mol. The lowest BCUT2D eigenvalue weighted by Crippen LogP contribution is -2.38. The Balaban J connectivity index is 2.11. The number of rotatable bonds is 7. The minimum Gasteiger partial charge on any atom is -0.505 e. The van der Waals surface area contributed by atoms with Crippen LogP contribution < -0.4 is 10.6 Å². The first-order chi connectivity index (χ1) is 13.3. The number of esters is 1. The Bertz CT molecular complexity index is 854. The molecular weight excluding hydrogens is 383 g/mol. The molecule has 2 aromatic rings. The third-order valence-electron chi connectivity index (χ3n) is 3.77. The first kappa shape index (κ1) is 21.6. The Kier molecular flexibility index (Phi) is 7.74.